The van der Waals surface area contributed by atoms with E-state index in [9.17, 15) is 27.8 Å². The summed E-state index contributed by atoms with van der Waals surface area (Å²) in [6.07, 6.45) is -12.4. The Kier molecular flexibility index (Phi) is 5.22. The van der Waals surface area contributed by atoms with Crippen LogP contribution in [0, 0.1) is 11.7 Å². The molecule has 0 radical (unpaired) electrons. The van der Waals surface area contributed by atoms with E-state index in [0.29, 0.717) is 11.8 Å². The maximum absolute atomic E-state index is 15.3. The minimum Gasteiger partial charge on any atom is -0.336 e. The third kappa shape index (κ3) is 8.73. The van der Waals surface area contributed by atoms with Crippen LogP contribution in [-0.4, -0.2) is 51.3 Å². The topological polar surface area (TPSA) is 58.4 Å². The van der Waals surface area contributed by atoms with Crippen LogP contribution in [0.2, 0.25) is 0 Å². The fourth-order valence-corrected chi connectivity index (χ4v) is 4.73. The third-order valence-corrected chi connectivity index (χ3v) is 7.15. The summed E-state index contributed by atoms with van der Waals surface area (Å²) in [5, 5.41) is -1.28. The highest BCUT2D eigenvalue weighted by Gasteiger charge is 2.30. The van der Waals surface area contributed by atoms with Crippen LogP contribution >= 0.6 is 11.8 Å². The van der Waals surface area contributed by atoms with Crippen molar-refractivity contribution in [1.82, 2.24) is 19.4 Å². The summed E-state index contributed by atoms with van der Waals surface area (Å²) in [6.45, 7) is -13.9. The summed E-state index contributed by atoms with van der Waals surface area (Å²) in [4.78, 5) is 32.8. The van der Waals surface area contributed by atoms with E-state index in [1.165, 1.54) is 0 Å². The van der Waals surface area contributed by atoms with E-state index in [0.717, 1.165) is 38.1 Å². The van der Waals surface area contributed by atoms with Gasteiger partial charge in [0.05, 0.1) is 22.0 Å². The number of aromatic nitrogens is 2. The van der Waals surface area contributed by atoms with Gasteiger partial charge in [-0.2, -0.15) is 18.2 Å². The lowest BCUT2D eigenvalue weighted by Gasteiger charge is -2.28. The summed E-state index contributed by atoms with van der Waals surface area (Å²) >= 11 is -0.217. The van der Waals surface area contributed by atoms with Crippen LogP contribution in [0.5, 0.6) is 0 Å². The molecule has 0 saturated carbocycles. The number of nitrogens with zero attached hydrogens (tertiary/aromatic N) is 4. The molecule has 4 aromatic rings. The molecule has 1 atom stereocenters. The van der Waals surface area contributed by atoms with E-state index in [1.807, 2.05) is 0 Å². The summed E-state index contributed by atoms with van der Waals surface area (Å²) in [7, 11) is 0. The number of carbonyl (C=O) groups is 1. The van der Waals surface area contributed by atoms with Gasteiger partial charge in [-0.05, 0) is 78.1 Å². The Morgan fingerprint density at radius 1 is 1.02 bits per heavy atom. The van der Waals surface area contributed by atoms with E-state index in [2.05, 4.69) is 4.98 Å². The van der Waals surface area contributed by atoms with Gasteiger partial charge < -0.3 is 14.4 Å². The Hall–Kier alpha value is -3.96. The molecule has 0 N–H and O–H groups in total. The normalized spacial score (nSPS) is 26.5. The molecule has 1 aliphatic carbocycles. The largest absolute Gasteiger partial charge is 0.416 e. The molecule has 0 saturated heterocycles. The van der Waals surface area contributed by atoms with E-state index >= 15 is 4.79 Å². The number of likely N-dealkylation sites (N-methyl/N-ethyl adjacent to an activating group) is 1. The molecule has 1 amide bonds. The highest BCUT2D eigenvalue weighted by molar-refractivity contribution is 7.98. The molecule has 0 spiro atoms. The van der Waals surface area contributed by atoms with Gasteiger partial charge in [-0.25, -0.2) is 4.39 Å². The summed E-state index contributed by atoms with van der Waals surface area (Å²) < 4.78 is 256. The second-order valence-corrected chi connectivity index (χ2v) is 10.4. The zero-order chi connectivity index (χ0) is 54.9. The zero-order valence-electron chi connectivity index (χ0n) is 48.2. The average Bonchev–Trinajstić information content (AvgIpc) is 3.30. The SMILES string of the molecule is [2H]c1c([2H])c(C(F)(F)F)c([2H])c([2H])c1-c1c([2H])c([2H])c(C([2H])([2H])N(CCN(C([2H])([2H])C)C([2H])([2H])C)C(=O)C([2H])([2H])n2c(SC([2H])([2H])c3ccc(F)cc3)nc(=O)c3c2C([2H])([2H])C([2H])(C)C3([2H])[2H])c([2H])c1[2H]. The third-order valence-electron chi connectivity index (χ3n) is 6.36. The van der Waals surface area contributed by atoms with Crippen molar-refractivity contribution in [2.24, 2.45) is 5.89 Å². The van der Waals surface area contributed by atoms with Crippen molar-refractivity contribution in [3.63, 3.8) is 0 Å². The van der Waals surface area contributed by atoms with Gasteiger partial charge in [-0.3, -0.25) is 9.59 Å². The fraction of sp³-hybridized carbons (Fsp3) is 0.378. The maximum Gasteiger partial charge on any atom is 0.416 e. The van der Waals surface area contributed by atoms with Crippen molar-refractivity contribution in [3.8, 4) is 11.1 Å². The Morgan fingerprint density at radius 2 is 1.65 bits per heavy atom. The number of carbonyl (C=O) groups excluding carboxylic acids is 1. The average molecular weight is 704 g/mol. The molecule has 1 unspecified atom stereocenters. The van der Waals surface area contributed by atoms with Crippen LogP contribution < -0.4 is 5.56 Å². The Balaban J connectivity index is 1.88. The molecule has 0 bridgehead atoms. The van der Waals surface area contributed by atoms with Crippen molar-refractivity contribution in [2.75, 3.05) is 26.1 Å². The van der Waals surface area contributed by atoms with Crippen LogP contribution in [0.3, 0.4) is 0 Å². The zero-order valence-corrected chi connectivity index (χ0v) is 26.1. The fourth-order valence-electron chi connectivity index (χ4n) is 4.03. The molecule has 6 nitrogen and oxygen atoms in total. The first-order chi connectivity index (χ1) is 31.8. The second kappa shape index (κ2) is 15.5. The molecule has 1 aliphatic rings. The summed E-state index contributed by atoms with van der Waals surface area (Å²) in [6, 6.07) is -9.00. The highest BCUT2D eigenvalue weighted by Crippen LogP contribution is 2.32. The van der Waals surface area contributed by atoms with Crippen LogP contribution in [0.4, 0.5) is 17.6 Å². The molecule has 11 heteroatoms. The van der Waals surface area contributed by atoms with Gasteiger partial charge in [-0.1, -0.05) is 80.9 Å². The maximum atomic E-state index is 15.3. The molecule has 1 aromatic heterocycles. The van der Waals surface area contributed by atoms with Gasteiger partial charge in [-0.15, -0.1) is 0 Å². The van der Waals surface area contributed by atoms with Crippen molar-refractivity contribution >= 4 is 17.7 Å². The Labute approximate surface area is 315 Å². The lowest BCUT2D eigenvalue weighted by atomic mass is 10.0. The van der Waals surface area contributed by atoms with Gasteiger partial charge >= 0.3 is 6.18 Å². The quantitative estimate of drug-likeness (QED) is 0.0822. The first-order valence-electron chi connectivity index (χ1n) is 25.3. The standard InChI is InChI=1S/C37H40F4N4O2S/c1-4-43(5-2)18-19-44(22-26-6-10-28(11-7-26)29-12-14-30(15-13-29)37(39,40)41)34(46)23-45-33-21-25(3)20-32(33)35(47)42-36(45)48-24-27-8-16-31(38)17-9-27/h6-17,25H,4-5,18-24H2,1-3H3/i4D2,5D2,6D,7D,10D,11D,12D,13D,14D,15D,20D2,21D2,22D2,23D2,24D2,25D. The number of fused-ring (bicyclic) bond motifs is 1. The van der Waals surface area contributed by atoms with Gasteiger partial charge in [0.2, 0.25) is 5.91 Å². The van der Waals surface area contributed by atoms with Gasteiger partial charge in [0.1, 0.15) is 12.3 Å². The molecule has 1 heterocycles. The van der Waals surface area contributed by atoms with Crippen LogP contribution in [0.25, 0.3) is 11.1 Å². The Bertz CT molecular complexity index is 2810. The predicted octanol–water partition coefficient (Wildman–Crippen LogP) is 7.47. The van der Waals surface area contributed by atoms with E-state index < -0.39 is 179 Å². The summed E-state index contributed by atoms with van der Waals surface area (Å²) in [5.41, 5.74) is -13.8. The Morgan fingerprint density at radius 3 is 2.25 bits per heavy atom. The van der Waals surface area contributed by atoms with Gasteiger partial charge in [0.25, 0.3) is 5.56 Å². The van der Waals surface area contributed by atoms with Crippen molar-refractivity contribution in [1.29, 1.82) is 0 Å². The van der Waals surface area contributed by atoms with Crippen molar-refractivity contribution in [3.05, 3.63) is 117 Å². The number of hydrogen-bond acceptors (Lipinski definition) is 5. The number of benzene rings is 3. The molecular weight excluding hydrogens is 640 g/mol. The molecule has 0 fully saturated rings. The van der Waals surface area contributed by atoms with Crippen LogP contribution in [0.15, 0.2) is 82.6 Å². The molecule has 48 heavy (non-hydrogen) atoms. The molecule has 0 aliphatic heterocycles. The van der Waals surface area contributed by atoms with Crippen molar-refractivity contribution < 1.29 is 53.9 Å². The lowest BCUT2D eigenvalue weighted by Crippen LogP contribution is -2.40. The number of rotatable bonds is 13. The smallest absolute Gasteiger partial charge is 0.336 e. The molecule has 5 rings (SSSR count). The van der Waals surface area contributed by atoms with Gasteiger partial charge in [0.15, 0.2) is 5.16 Å². The van der Waals surface area contributed by atoms with E-state index in [4.69, 9.17) is 26.0 Å². The van der Waals surface area contributed by atoms with Gasteiger partial charge in [0, 0.05) is 51.6 Å². The number of amides is 1. The first-order valence-corrected chi connectivity index (χ1v) is 14.6. The molecule has 254 valence electrons. The lowest BCUT2D eigenvalue weighted by molar-refractivity contribution is -0.137. The predicted molar refractivity (Wildman–Crippen MR) is 181 cm³/mol. The number of halogens is 4. The number of hydrogen-bond donors (Lipinski definition) is 0. The van der Waals surface area contributed by atoms with E-state index in [-0.39, 0.29) is 21.2 Å². The van der Waals surface area contributed by atoms with Crippen LogP contribution in [0.1, 0.15) is 80.2 Å². The molecular formula is C37H40F4N4O2S. The van der Waals surface area contributed by atoms with Crippen LogP contribution in [-0.2, 0) is 42.4 Å². The second-order valence-electron chi connectivity index (χ2n) is 9.62. The van der Waals surface area contributed by atoms with E-state index in [1.54, 1.807) is 0 Å². The first kappa shape index (κ1) is 16.2. The minimum atomic E-state index is -5.47. The highest BCUT2D eigenvalue weighted by atomic mass is 32.2. The minimum absolute atomic E-state index is 0.125. The number of thioether (sulfide) groups is 1. The summed E-state index contributed by atoms with van der Waals surface area (Å²) in [5.74, 6) is -6.26. The molecule has 3 aromatic carbocycles. The van der Waals surface area contributed by atoms with Crippen molar-refractivity contribution in [2.45, 2.75) is 63.5 Å². The number of alkyl halides is 3. The monoisotopic (exact) mass is 703 g/mol.